The van der Waals surface area contributed by atoms with E-state index in [1.807, 2.05) is 6.92 Å². The number of nitrogens with two attached hydrogens (primary N) is 1. The smallest absolute Gasteiger partial charge is 0.326 e. The number of nitrogens with zero attached hydrogens (tertiary/aromatic N) is 1. The van der Waals surface area contributed by atoms with Gasteiger partial charge in [-0.15, -0.1) is 0 Å². The molecule has 0 aromatic rings. The van der Waals surface area contributed by atoms with Crippen molar-refractivity contribution in [1.29, 1.82) is 0 Å². The molecule has 0 bridgehead atoms. The quantitative estimate of drug-likeness (QED) is 0.741. The second-order valence-electron chi connectivity index (χ2n) is 6.09. The topological polar surface area (TPSA) is 64.8 Å². The number of methoxy groups -OCH3 is 1. The van der Waals surface area contributed by atoms with Crippen molar-refractivity contribution >= 4 is 5.97 Å². The van der Waals surface area contributed by atoms with Crippen molar-refractivity contribution in [2.45, 2.75) is 50.7 Å². The standard InChI is InChI=1S/C15H28N2O3/c1-3-20-14(18)15(16)8-4-5-12(15)6-9-17-10-7-13(11-17)19-2/h12-13H,3-11,16H2,1-2H3. The van der Waals surface area contributed by atoms with Crippen LogP contribution in [0.4, 0.5) is 0 Å². The molecule has 5 nitrogen and oxygen atoms in total. The van der Waals surface area contributed by atoms with Crippen LogP contribution in [0.15, 0.2) is 0 Å². The van der Waals surface area contributed by atoms with Gasteiger partial charge < -0.3 is 20.1 Å². The fourth-order valence-electron chi connectivity index (χ4n) is 3.57. The number of likely N-dealkylation sites (tertiary alicyclic amines) is 1. The van der Waals surface area contributed by atoms with Gasteiger partial charge >= 0.3 is 5.97 Å². The Morgan fingerprint density at radius 2 is 2.25 bits per heavy atom. The van der Waals surface area contributed by atoms with Crippen LogP contribution in [0.25, 0.3) is 0 Å². The molecule has 0 aromatic heterocycles. The average Bonchev–Trinajstić information content (AvgIpc) is 3.04. The van der Waals surface area contributed by atoms with E-state index in [1.54, 1.807) is 7.11 Å². The molecule has 1 saturated carbocycles. The summed E-state index contributed by atoms with van der Waals surface area (Å²) in [6, 6.07) is 0. The number of hydrogen-bond donors (Lipinski definition) is 1. The van der Waals surface area contributed by atoms with Crippen LogP contribution < -0.4 is 5.73 Å². The summed E-state index contributed by atoms with van der Waals surface area (Å²) in [7, 11) is 1.77. The summed E-state index contributed by atoms with van der Waals surface area (Å²) >= 11 is 0. The molecule has 2 aliphatic rings. The first kappa shape index (κ1) is 15.7. The van der Waals surface area contributed by atoms with E-state index in [4.69, 9.17) is 15.2 Å². The molecule has 1 saturated heterocycles. The van der Waals surface area contributed by atoms with Gasteiger partial charge in [-0.25, -0.2) is 0 Å². The van der Waals surface area contributed by atoms with Gasteiger partial charge in [0.2, 0.25) is 0 Å². The minimum atomic E-state index is -0.754. The van der Waals surface area contributed by atoms with Crippen molar-refractivity contribution in [3.63, 3.8) is 0 Å². The fourth-order valence-corrected chi connectivity index (χ4v) is 3.57. The Morgan fingerprint density at radius 1 is 1.45 bits per heavy atom. The average molecular weight is 284 g/mol. The Hall–Kier alpha value is -0.650. The van der Waals surface area contributed by atoms with E-state index in [-0.39, 0.29) is 11.9 Å². The molecule has 5 heteroatoms. The highest BCUT2D eigenvalue weighted by Crippen LogP contribution is 2.37. The zero-order chi connectivity index (χ0) is 14.6. The van der Waals surface area contributed by atoms with Crippen LogP contribution in [0.1, 0.15) is 39.0 Å². The van der Waals surface area contributed by atoms with Crippen molar-refractivity contribution in [2.24, 2.45) is 11.7 Å². The van der Waals surface area contributed by atoms with E-state index in [9.17, 15) is 4.79 Å². The van der Waals surface area contributed by atoms with Crippen molar-refractivity contribution in [2.75, 3.05) is 33.4 Å². The molecule has 116 valence electrons. The zero-order valence-corrected chi connectivity index (χ0v) is 12.8. The van der Waals surface area contributed by atoms with E-state index in [1.165, 1.54) is 0 Å². The molecule has 2 N–H and O–H groups in total. The normalized spacial score (nSPS) is 34.5. The van der Waals surface area contributed by atoms with E-state index >= 15 is 0 Å². The van der Waals surface area contributed by atoms with Crippen molar-refractivity contribution in [3.05, 3.63) is 0 Å². The molecular weight excluding hydrogens is 256 g/mol. The molecule has 0 amide bonds. The maximum Gasteiger partial charge on any atom is 0.326 e. The third-order valence-corrected chi connectivity index (χ3v) is 4.88. The summed E-state index contributed by atoms with van der Waals surface area (Å²) in [5.74, 6) is 0.0434. The van der Waals surface area contributed by atoms with Crippen molar-refractivity contribution < 1.29 is 14.3 Å². The van der Waals surface area contributed by atoms with Crippen molar-refractivity contribution in [3.8, 4) is 0 Å². The van der Waals surface area contributed by atoms with Gasteiger partial charge in [0.1, 0.15) is 5.54 Å². The Kier molecular flexibility index (Phi) is 5.41. The molecule has 0 aromatic carbocycles. The van der Waals surface area contributed by atoms with Crippen LogP contribution in [-0.4, -0.2) is 55.9 Å². The first-order chi connectivity index (χ1) is 9.60. The summed E-state index contributed by atoms with van der Waals surface area (Å²) in [5, 5.41) is 0. The van der Waals surface area contributed by atoms with Crippen molar-refractivity contribution in [1.82, 2.24) is 4.90 Å². The molecule has 2 fully saturated rings. The molecule has 20 heavy (non-hydrogen) atoms. The largest absolute Gasteiger partial charge is 0.465 e. The molecule has 3 atom stereocenters. The molecule has 1 heterocycles. The molecule has 2 rings (SSSR count). The summed E-state index contributed by atoms with van der Waals surface area (Å²) in [6.07, 6.45) is 5.28. The number of carbonyl (C=O) groups excluding carboxylic acids is 1. The van der Waals surface area contributed by atoms with Gasteiger partial charge in [-0.1, -0.05) is 6.42 Å². The van der Waals surface area contributed by atoms with Gasteiger partial charge in [-0.3, -0.25) is 4.79 Å². The Morgan fingerprint density at radius 3 is 2.90 bits per heavy atom. The van der Waals surface area contributed by atoms with Crippen LogP contribution in [-0.2, 0) is 14.3 Å². The second-order valence-corrected chi connectivity index (χ2v) is 6.09. The zero-order valence-electron chi connectivity index (χ0n) is 12.8. The van der Waals surface area contributed by atoms with Crippen LogP contribution >= 0.6 is 0 Å². The third kappa shape index (κ3) is 3.32. The van der Waals surface area contributed by atoms with E-state index in [0.717, 1.165) is 51.7 Å². The molecule has 0 radical (unpaired) electrons. The van der Waals surface area contributed by atoms with Gasteiger partial charge in [0.15, 0.2) is 0 Å². The number of hydrogen-bond acceptors (Lipinski definition) is 5. The Balaban J connectivity index is 1.84. The van der Waals surface area contributed by atoms with Crippen LogP contribution in [0.2, 0.25) is 0 Å². The molecule has 1 aliphatic heterocycles. The van der Waals surface area contributed by atoms with Crippen LogP contribution in [0, 0.1) is 5.92 Å². The second kappa shape index (κ2) is 6.87. The lowest BCUT2D eigenvalue weighted by Crippen LogP contribution is -2.52. The highest BCUT2D eigenvalue weighted by molar-refractivity contribution is 5.81. The number of ether oxygens (including phenoxy) is 2. The lowest BCUT2D eigenvalue weighted by Gasteiger charge is -2.30. The monoisotopic (exact) mass is 284 g/mol. The number of rotatable bonds is 6. The maximum absolute atomic E-state index is 12.1. The lowest BCUT2D eigenvalue weighted by molar-refractivity contribution is -0.151. The highest BCUT2D eigenvalue weighted by Gasteiger charge is 2.46. The predicted molar refractivity (Wildman–Crippen MR) is 77.4 cm³/mol. The van der Waals surface area contributed by atoms with Gasteiger partial charge in [-0.05, 0) is 45.1 Å². The van der Waals surface area contributed by atoms with Gasteiger partial charge in [0.25, 0.3) is 0 Å². The highest BCUT2D eigenvalue weighted by atomic mass is 16.5. The van der Waals surface area contributed by atoms with Gasteiger partial charge in [0, 0.05) is 20.2 Å². The first-order valence-corrected chi connectivity index (χ1v) is 7.81. The summed E-state index contributed by atoms with van der Waals surface area (Å²) in [5.41, 5.74) is 5.60. The third-order valence-electron chi connectivity index (χ3n) is 4.88. The summed E-state index contributed by atoms with van der Waals surface area (Å²) < 4.78 is 10.6. The maximum atomic E-state index is 12.1. The minimum absolute atomic E-state index is 0.210. The minimum Gasteiger partial charge on any atom is -0.465 e. The van der Waals surface area contributed by atoms with E-state index in [0.29, 0.717) is 12.7 Å². The molecule has 0 spiro atoms. The number of carbonyl (C=O) groups is 1. The number of esters is 1. The lowest BCUT2D eigenvalue weighted by atomic mass is 9.85. The fraction of sp³-hybridized carbons (Fsp3) is 0.933. The van der Waals surface area contributed by atoms with E-state index in [2.05, 4.69) is 4.90 Å². The SMILES string of the molecule is CCOC(=O)C1(N)CCCC1CCN1CCC(OC)C1. The molecule has 3 unspecified atom stereocenters. The van der Waals surface area contributed by atoms with Gasteiger partial charge in [0.05, 0.1) is 12.7 Å². The first-order valence-electron chi connectivity index (χ1n) is 7.81. The molecule has 1 aliphatic carbocycles. The van der Waals surface area contributed by atoms with Crippen LogP contribution in [0.3, 0.4) is 0 Å². The van der Waals surface area contributed by atoms with E-state index < -0.39 is 5.54 Å². The Bertz CT molecular complexity index is 337. The molecular formula is C15H28N2O3. The summed E-state index contributed by atoms with van der Waals surface area (Å²) in [6.45, 7) is 5.33. The van der Waals surface area contributed by atoms with Crippen LogP contribution in [0.5, 0.6) is 0 Å². The Labute approximate surface area is 121 Å². The predicted octanol–water partition coefficient (Wildman–Crippen LogP) is 1.16. The summed E-state index contributed by atoms with van der Waals surface area (Å²) in [4.78, 5) is 14.5. The van der Waals surface area contributed by atoms with Gasteiger partial charge in [-0.2, -0.15) is 0 Å².